The normalized spacial score (nSPS) is 15.0. The molecule has 0 aliphatic carbocycles. The third kappa shape index (κ3) is 11.0. The van der Waals surface area contributed by atoms with Gasteiger partial charge in [0.2, 0.25) is 0 Å². The highest BCUT2D eigenvalue weighted by Gasteiger charge is 2.11. The molecule has 2 N–H and O–H groups in total. The van der Waals surface area contributed by atoms with Gasteiger partial charge in [0, 0.05) is 13.1 Å². The van der Waals surface area contributed by atoms with Gasteiger partial charge >= 0.3 is 0 Å². The molecule has 0 fully saturated rings. The maximum absolute atomic E-state index is 9.85. The Bertz CT molecular complexity index is 158. The topological polar surface area (TPSA) is 43.7 Å². The van der Waals surface area contributed by atoms with E-state index in [4.69, 9.17) is 0 Å². The fourth-order valence-electron chi connectivity index (χ4n) is 2.24. The average Bonchev–Trinajstić information content (AvgIpc) is 2.29. The molecular weight excluding hydrogens is 226 g/mol. The Morgan fingerprint density at radius 2 is 1.17 bits per heavy atom. The molecule has 0 aliphatic heterocycles. The molecule has 3 nitrogen and oxygen atoms in total. The zero-order chi connectivity index (χ0) is 13.8. The molecule has 110 valence electrons. The van der Waals surface area contributed by atoms with Crippen molar-refractivity contribution in [2.24, 2.45) is 0 Å². The summed E-state index contributed by atoms with van der Waals surface area (Å²) in [6, 6.07) is 0. The van der Waals surface area contributed by atoms with Crippen LogP contribution in [0.15, 0.2) is 0 Å². The van der Waals surface area contributed by atoms with Crippen LogP contribution in [-0.2, 0) is 0 Å². The van der Waals surface area contributed by atoms with E-state index in [2.05, 4.69) is 13.8 Å². The van der Waals surface area contributed by atoms with Gasteiger partial charge in [-0.05, 0) is 19.9 Å². The Kier molecular flexibility index (Phi) is 11.9. The van der Waals surface area contributed by atoms with Crippen LogP contribution in [0.2, 0.25) is 0 Å². The zero-order valence-corrected chi connectivity index (χ0v) is 12.6. The van der Waals surface area contributed by atoms with Crippen LogP contribution < -0.4 is 0 Å². The van der Waals surface area contributed by atoms with Gasteiger partial charge in [-0.15, -0.1) is 0 Å². The van der Waals surface area contributed by atoms with Crippen molar-refractivity contribution in [1.29, 1.82) is 0 Å². The molecule has 0 bridgehead atoms. The second-order valence-corrected chi connectivity index (χ2v) is 5.52. The van der Waals surface area contributed by atoms with Gasteiger partial charge in [-0.1, -0.05) is 52.4 Å². The summed E-state index contributed by atoms with van der Waals surface area (Å²) < 4.78 is 0. The number of aliphatic hydroxyl groups excluding tert-OH is 2. The van der Waals surface area contributed by atoms with E-state index in [1.54, 1.807) is 0 Å². The summed E-state index contributed by atoms with van der Waals surface area (Å²) in [5, 5.41) is 19.7. The second kappa shape index (κ2) is 11.9. The molecule has 2 unspecified atom stereocenters. The van der Waals surface area contributed by atoms with E-state index in [9.17, 15) is 10.2 Å². The van der Waals surface area contributed by atoms with Crippen LogP contribution in [-0.4, -0.2) is 47.5 Å². The van der Waals surface area contributed by atoms with Crippen molar-refractivity contribution in [3.8, 4) is 0 Å². The fraction of sp³-hybridized carbons (Fsp3) is 1.00. The molecule has 0 saturated heterocycles. The summed E-state index contributed by atoms with van der Waals surface area (Å²) in [4.78, 5) is 2.05. The lowest BCUT2D eigenvalue weighted by atomic mass is 10.1. The monoisotopic (exact) mass is 259 g/mol. The minimum absolute atomic E-state index is 0.246. The Balaban J connectivity index is 3.58. The highest BCUT2D eigenvalue weighted by molar-refractivity contribution is 4.66. The summed E-state index contributed by atoms with van der Waals surface area (Å²) in [5.74, 6) is 0. The summed E-state index contributed by atoms with van der Waals surface area (Å²) in [6.45, 7) is 5.69. The third-order valence-electron chi connectivity index (χ3n) is 3.33. The van der Waals surface area contributed by atoms with Gasteiger partial charge in [0.25, 0.3) is 0 Å². The first-order chi connectivity index (χ1) is 8.60. The largest absolute Gasteiger partial charge is 0.392 e. The van der Waals surface area contributed by atoms with Crippen LogP contribution in [0.4, 0.5) is 0 Å². The maximum atomic E-state index is 9.85. The molecule has 18 heavy (non-hydrogen) atoms. The van der Waals surface area contributed by atoms with Crippen molar-refractivity contribution in [1.82, 2.24) is 4.90 Å². The Morgan fingerprint density at radius 3 is 1.50 bits per heavy atom. The molecular formula is C15H33NO2. The molecule has 0 radical (unpaired) electrons. The highest BCUT2D eigenvalue weighted by atomic mass is 16.3. The fourth-order valence-corrected chi connectivity index (χ4v) is 2.24. The summed E-state index contributed by atoms with van der Waals surface area (Å²) in [5.41, 5.74) is 0. The molecule has 0 heterocycles. The Labute approximate surface area is 113 Å². The molecule has 0 aromatic heterocycles. The van der Waals surface area contributed by atoms with Gasteiger partial charge < -0.3 is 15.1 Å². The molecule has 0 aromatic rings. The van der Waals surface area contributed by atoms with Gasteiger partial charge in [0.05, 0.1) is 12.2 Å². The van der Waals surface area contributed by atoms with Gasteiger partial charge in [0.15, 0.2) is 0 Å². The number of aliphatic hydroxyl groups is 2. The van der Waals surface area contributed by atoms with Crippen molar-refractivity contribution in [3.05, 3.63) is 0 Å². The first-order valence-corrected chi connectivity index (χ1v) is 7.64. The summed E-state index contributed by atoms with van der Waals surface area (Å²) in [7, 11) is 1.98. The SMILES string of the molecule is CCCCCC(O)CN(C)CC(O)CCCCC. The average molecular weight is 259 g/mol. The van der Waals surface area contributed by atoms with Crippen LogP contribution in [0, 0.1) is 0 Å². The standard InChI is InChI=1S/C15H33NO2/c1-4-6-8-10-14(17)12-16(3)13-15(18)11-9-7-5-2/h14-15,17-18H,4-13H2,1-3H3. The predicted molar refractivity (Wildman–Crippen MR) is 77.8 cm³/mol. The number of nitrogens with zero attached hydrogens (tertiary/aromatic N) is 1. The molecule has 2 atom stereocenters. The van der Waals surface area contributed by atoms with Crippen molar-refractivity contribution >= 4 is 0 Å². The molecule has 0 spiro atoms. The van der Waals surface area contributed by atoms with Gasteiger partial charge in [-0.3, -0.25) is 0 Å². The first-order valence-electron chi connectivity index (χ1n) is 7.64. The zero-order valence-electron chi connectivity index (χ0n) is 12.6. The second-order valence-electron chi connectivity index (χ2n) is 5.52. The Hall–Kier alpha value is -0.120. The van der Waals surface area contributed by atoms with E-state index in [1.807, 2.05) is 11.9 Å². The van der Waals surface area contributed by atoms with E-state index < -0.39 is 0 Å². The van der Waals surface area contributed by atoms with Crippen LogP contribution in [0.5, 0.6) is 0 Å². The number of likely N-dealkylation sites (N-methyl/N-ethyl adjacent to an activating group) is 1. The molecule has 0 aromatic carbocycles. The minimum atomic E-state index is -0.246. The molecule has 0 rings (SSSR count). The van der Waals surface area contributed by atoms with Crippen molar-refractivity contribution in [3.63, 3.8) is 0 Å². The highest BCUT2D eigenvalue weighted by Crippen LogP contribution is 2.07. The Morgan fingerprint density at radius 1 is 0.778 bits per heavy atom. The lowest BCUT2D eigenvalue weighted by Crippen LogP contribution is -2.35. The minimum Gasteiger partial charge on any atom is -0.392 e. The number of unbranched alkanes of at least 4 members (excludes halogenated alkanes) is 4. The molecule has 3 heteroatoms. The third-order valence-corrected chi connectivity index (χ3v) is 3.33. The number of hydrogen-bond acceptors (Lipinski definition) is 3. The smallest absolute Gasteiger partial charge is 0.0667 e. The van der Waals surface area contributed by atoms with E-state index in [-0.39, 0.29) is 12.2 Å². The molecule has 0 saturated carbocycles. The van der Waals surface area contributed by atoms with Crippen molar-refractivity contribution in [2.45, 2.75) is 77.4 Å². The van der Waals surface area contributed by atoms with E-state index >= 15 is 0 Å². The predicted octanol–water partition coefficient (Wildman–Crippen LogP) is 2.80. The van der Waals surface area contributed by atoms with Gasteiger partial charge in [-0.2, -0.15) is 0 Å². The van der Waals surface area contributed by atoms with Crippen LogP contribution >= 0.6 is 0 Å². The lowest BCUT2D eigenvalue weighted by Gasteiger charge is -2.23. The summed E-state index contributed by atoms with van der Waals surface area (Å²) in [6.07, 6.45) is 8.25. The number of rotatable bonds is 12. The van der Waals surface area contributed by atoms with Crippen LogP contribution in [0.3, 0.4) is 0 Å². The van der Waals surface area contributed by atoms with Crippen LogP contribution in [0.25, 0.3) is 0 Å². The number of hydrogen-bond donors (Lipinski definition) is 2. The quantitative estimate of drug-likeness (QED) is 0.530. The summed E-state index contributed by atoms with van der Waals surface area (Å²) >= 11 is 0. The molecule has 0 aliphatic rings. The van der Waals surface area contributed by atoms with E-state index in [0.717, 1.165) is 25.7 Å². The maximum Gasteiger partial charge on any atom is 0.0667 e. The van der Waals surface area contributed by atoms with Crippen molar-refractivity contribution < 1.29 is 10.2 Å². The molecule has 0 amide bonds. The van der Waals surface area contributed by atoms with Gasteiger partial charge in [0.1, 0.15) is 0 Å². The van der Waals surface area contributed by atoms with Gasteiger partial charge in [-0.25, -0.2) is 0 Å². The van der Waals surface area contributed by atoms with E-state index in [1.165, 1.54) is 25.7 Å². The van der Waals surface area contributed by atoms with Crippen LogP contribution in [0.1, 0.15) is 65.2 Å². The first kappa shape index (κ1) is 17.9. The van der Waals surface area contributed by atoms with E-state index in [0.29, 0.717) is 13.1 Å². The van der Waals surface area contributed by atoms with Crippen molar-refractivity contribution in [2.75, 3.05) is 20.1 Å². The lowest BCUT2D eigenvalue weighted by molar-refractivity contribution is 0.0739.